The minimum absolute atomic E-state index is 0.0861. The smallest absolute Gasteiger partial charge is 0.311 e. The Morgan fingerprint density at radius 3 is 2.68 bits per heavy atom. The normalized spacial score (nSPS) is 31.4. The van der Waals surface area contributed by atoms with Crippen LogP contribution in [0.2, 0.25) is 0 Å². The summed E-state index contributed by atoms with van der Waals surface area (Å²) in [5, 5.41) is 9.74. The van der Waals surface area contributed by atoms with Gasteiger partial charge in [0.2, 0.25) is 11.8 Å². The number of likely N-dealkylation sites (tertiary alicyclic amines) is 1. The molecular formula is C26H40N2O5S. The molecule has 3 saturated heterocycles. The van der Waals surface area contributed by atoms with Gasteiger partial charge in [-0.1, -0.05) is 31.9 Å². The van der Waals surface area contributed by atoms with Crippen molar-refractivity contribution in [3.05, 3.63) is 25.3 Å². The second kappa shape index (κ2) is 11.3. The third kappa shape index (κ3) is 4.68. The minimum Gasteiger partial charge on any atom is -0.465 e. The number of ether oxygens (including phenoxy) is 1. The zero-order valence-electron chi connectivity index (χ0n) is 20.7. The Bertz CT molecular complexity index is 804. The Kier molecular flexibility index (Phi) is 8.90. The molecule has 5 atom stereocenters. The van der Waals surface area contributed by atoms with Crippen molar-refractivity contribution in [1.82, 2.24) is 9.80 Å². The first kappa shape index (κ1) is 26.8. The molecule has 0 saturated carbocycles. The summed E-state index contributed by atoms with van der Waals surface area (Å²) in [5.74, 6) is -1.85. The third-order valence-corrected chi connectivity index (χ3v) is 9.58. The fraction of sp³-hybridized carbons (Fsp3) is 0.731. The number of hydrogen-bond acceptors (Lipinski definition) is 6. The molecule has 0 aromatic heterocycles. The van der Waals surface area contributed by atoms with Gasteiger partial charge in [-0.2, -0.15) is 0 Å². The van der Waals surface area contributed by atoms with Gasteiger partial charge in [0, 0.05) is 24.4 Å². The summed E-state index contributed by atoms with van der Waals surface area (Å²) in [6.07, 6.45) is 9.36. The van der Waals surface area contributed by atoms with Gasteiger partial charge in [0.05, 0.1) is 29.8 Å². The highest BCUT2D eigenvalue weighted by Crippen LogP contribution is 2.71. The van der Waals surface area contributed by atoms with Crippen LogP contribution in [0.15, 0.2) is 25.3 Å². The van der Waals surface area contributed by atoms with E-state index >= 15 is 0 Å². The molecular weight excluding hydrogens is 452 g/mol. The summed E-state index contributed by atoms with van der Waals surface area (Å²) in [4.78, 5) is 44.3. The molecule has 2 bridgehead atoms. The number of esters is 1. The monoisotopic (exact) mass is 492 g/mol. The molecule has 3 aliphatic heterocycles. The van der Waals surface area contributed by atoms with Gasteiger partial charge < -0.3 is 19.6 Å². The van der Waals surface area contributed by atoms with Crippen molar-refractivity contribution < 1.29 is 24.2 Å². The predicted molar refractivity (Wildman–Crippen MR) is 134 cm³/mol. The van der Waals surface area contributed by atoms with Gasteiger partial charge >= 0.3 is 5.97 Å². The van der Waals surface area contributed by atoms with Gasteiger partial charge in [-0.05, 0) is 39.0 Å². The number of β-amino-alcohol motifs (C(OH)–C–C–N with tert-alkyl or cyclic N) is 1. The molecule has 34 heavy (non-hydrogen) atoms. The molecule has 2 unspecified atom stereocenters. The van der Waals surface area contributed by atoms with Crippen LogP contribution in [-0.2, 0) is 19.1 Å². The number of fused-ring (bicyclic) bond motifs is 1. The lowest BCUT2D eigenvalue weighted by molar-refractivity contribution is -0.155. The Morgan fingerprint density at radius 1 is 1.26 bits per heavy atom. The second-order valence-electron chi connectivity index (χ2n) is 9.86. The van der Waals surface area contributed by atoms with Crippen molar-refractivity contribution in [2.24, 2.45) is 11.8 Å². The highest BCUT2D eigenvalue weighted by molar-refractivity contribution is 8.02. The van der Waals surface area contributed by atoms with Gasteiger partial charge in [0.1, 0.15) is 6.04 Å². The maximum atomic E-state index is 14.0. The summed E-state index contributed by atoms with van der Waals surface area (Å²) in [5.41, 5.74) is 0. The van der Waals surface area contributed by atoms with Crippen LogP contribution in [0.4, 0.5) is 0 Å². The summed E-state index contributed by atoms with van der Waals surface area (Å²) in [6, 6.07) is -0.691. The van der Waals surface area contributed by atoms with E-state index < -0.39 is 27.4 Å². The predicted octanol–water partition coefficient (Wildman–Crippen LogP) is 3.17. The zero-order chi connectivity index (χ0) is 24.9. The summed E-state index contributed by atoms with van der Waals surface area (Å²) in [7, 11) is 0. The molecule has 3 rings (SSSR count). The van der Waals surface area contributed by atoms with Crippen LogP contribution in [0.25, 0.3) is 0 Å². The van der Waals surface area contributed by atoms with Crippen molar-refractivity contribution in [2.45, 2.75) is 74.3 Å². The first-order valence-corrected chi connectivity index (χ1v) is 13.4. The summed E-state index contributed by atoms with van der Waals surface area (Å²) >= 11 is 1.63. The van der Waals surface area contributed by atoms with Crippen LogP contribution >= 0.6 is 11.8 Å². The van der Waals surface area contributed by atoms with Crippen molar-refractivity contribution in [2.75, 3.05) is 32.8 Å². The number of aliphatic hydroxyl groups excluding tert-OH is 1. The fourth-order valence-electron chi connectivity index (χ4n) is 6.07. The Morgan fingerprint density at radius 2 is 2.03 bits per heavy atom. The number of nitrogens with zero attached hydrogens (tertiary/aromatic N) is 2. The van der Waals surface area contributed by atoms with E-state index in [1.165, 1.54) is 0 Å². The summed E-state index contributed by atoms with van der Waals surface area (Å²) in [6.45, 7) is 12.8. The van der Waals surface area contributed by atoms with E-state index in [4.69, 9.17) is 4.74 Å². The Hall–Kier alpha value is -1.80. The highest BCUT2D eigenvalue weighted by atomic mass is 32.2. The van der Waals surface area contributed by atoms with Crippen molar-refractivity contribution in [1.29, 1.82) is 0 Å². The molecule has 8 heteroatoms. The van der Waals surface area contributed by atoms with E-state index in [-0.39, 0.29) is 30.9 Å². The van der Waals surface area contributed by atoms with E-state index in [0.717, 1.165) is 32.1 Å². The number of carbonyl (C=O) groups is 3. The van der Waals surface area contributed by atoms with Gasteiger partial charge in [-0.3, -0.25) is 14.4 Å². The van der Waals surface area contributed by atoms with Crippen molar-refractivity contribution in [3.63, 3.8) is 0 Å². The number of hydrogen-bond donors (Lipinski definition) is 1. The largest absolute Gasteiger partial charge is 0.465 e. The Balaban J connectivity index is 1.92. The second-order valence-corrected chi connectivity index (χ2v) is 11.8. The molecule has 3 heterocycles. The maximum Gasteiger partial charge on any atom is 0.311 e. The summed E-state index contributed by atoms with van der Waals surface area (Å²) < 4.78 is 4.50. The van der Waals surface area contributed by atoms with Crippen LogP contribution < -0.4 is 0 Å². The first-order chi connectivity index (χ1) is 16.3. The molecule has 0 radical (unpaired) electrons. The van der Waals surface area contributed by atoms with Crippen LogP contribution in [0.3, 0.4) is 0 Å². The lowest BCUT2D eigenvalue weighted by Crippen LogP contribution is -2.55. The quantitative estimate of drug-likeness (QED) is 0.228. The third-order valence-electron chi connectivity index (χ3n) is 7.60. The Labute approximate surface area is 208 Å². The van der Waals surface area contributed by atoms with E-state index in [2.05, 4.69) is 20.1 Å². The number of rotatable bonds is 14. The van der Waals surface area contributed by atoms with Gasteiger partial charge in [0.25, 0.3) is 0 Å². The van der Waals surface area contributed by atoms with Crippen LogP contribution in [0, 0.1) is 11.8 Å². The lowest BCUT2D eigenvalue weighted by Gasteiger charge is -2.37. The number of carbonyl (C=O) groups excluding carboxylic acids is 3. The first-order valence-electron chi connectivity index (χ1n) is 12.6. The molecule has 0 aromatic carbocycles. The van der Waals surface area contributed by atoms with Crippen molar-refractivity contribution in [3.8, 4) is 0 Å². The molecule has 0 aromatic rings. The average Bonchev–Trinajstić information content (AvgIpc) is 3.37. The topological polar surface area (TPSA) is 87.1 Å². The zero-order valence-corrected chi connectivity index (χ0v) is 21.5. The molecule has 1 spiro atoms. The van der Waals surface area contributed by atoms with Gasteiger partial charge in [-0.15, -0.1) is 24.9 Å². The van der Waals surface area contributed by atoms with Crippen LogP contribution in [0.1, 0.15) is 58.8 Å². The van der Waals surface area contributed by atoms with Crippen LogP contribution in [-0.4, -0.2) is 81.1 Å². The molecule has 3 aliphatic rings. The van der Waals surface area contributed by atoms with E-state index in [1.54, 1.807) is 33.7 Å². The molecule has 3 fully saturated rings. The molecule has 1 N–H and O–H groups in total. The standard InChI is InChI=1S/C26H40N2O5S/c1-5-8-10-15-27(14-7-3)23(31)21-26-13-12-25(4,34-26)20(24(32)33-18-11-9-6-2)19(26)22(30)28(21)16-17-29/h6-7,19-21,29H,2-3,5,8-18H2,1,4H3/t19-,20+,21?,25-,26?/m0/s1. The lowest BCUT2D eigenvalue weighted by atomic mass is 9.66. The van der Waals surface area contributed by atoms with E-state index in [9.17, 15) is 19.5 Å². The minimum atomic E-state index is -0.691. The number of allylic oxidation sites excluding steroid dienone is 1. The molecule has 7 nitrogen and oxygen atoms in total. The molecule has 0 aliphatic carbocycles. The molecule has 2 amide bonds. The molecule has 190 valence electrons. The highest BCUT2D eigenvalue weighted by Gasteiger charge is 2.77. The fourth-order valence-corrected chi connectivity index (χ4v) is 8.41. The maximum absolute atomic E-state index is 14.0. The van der Waals surface area contributed by atoms with Crippen LogP contribution in [0.5, 0.6) is 0 Å². The van der Waals surface area contributed by atoms with E-state index in [1.807, 2.05) is 6.92 Å². The number of amides is 2. The van der Waals surface area contributed by atoms with Gasteiger partial charge in [-0.25, -0.2) is 0 Å². The van der Waals surface area contributed by atoms with Gasteiger partial charge in [0.15, 0.2) is 0 Å². The number of unbranched alkanes of at least 4 members (excludes halogenated alkanes) is 3. The van der Waals surface area contributed by atoms with E-state index in [0.29, 0.717) is 32.5 Å². The SMILES string of the molecule is C=CCCCOC(=O)[C@H]1[C@H]2C(=O)N(CCO)C(C(=O)N(CC=C)CCCCC)C23CC[C@]1(C)S3. The van der Waals surface area contributed by atoms with Crippen molar-refractivity contribution >= 4 is 29.5 Å². The number of thioether (sulfide) groups is 1. The number of aliphatic hydroxyl groups is 1. The average molecular weight is 493 g/mol.